The summed E-state index contributed by atoms with van der Waals surface area (Å²) in [5, 5.41) is 12.6. The summed E-state index contributed by atoms with van der Waals surface area (Å²) in [6, 6.07) is 17.4. The third-order valence-electron chi connectivity index (χ3n) is 4.21. The highest BCUT2D eigenvalue weighted by molar-refractivity contribution is 7.99. The first-order chi connectivity index (χ1) is 14.2. The van der Waals surface area contributed by atoms with E-state index < -0.39 is 0 Å². The third-order valence-corrected chi connectivity index (χ3v) is 5.49. The molecule has 3 aromatic rings. The van der Waals surface area contributed by atoms with Gasteiger partial charge in [0.25, 0.3) is 0 Å². The van der Waals surface area contributed by atoms with Crippen LogP contribution in [0.3, 0.4) is 0 Å². The Kier molecular flexibility index (Phi) is 7.95. The van der Waals surface area contributed by atoms with Crippen LogP contribution in [0.15, 0.2) is 59.8 Å². The van der Waals surface area contributed by atoms with Gasteiger partial charge in [0.05, 0.1) is 10.8 Å². The number of nitrogens with zero attached hydrogens (tertiary/aromatic N) is 3. The number of amides is 1. The Bertz CT molecular complexity index is 933. The van der Waals surface area contributed by atoms with Gasteiger partial charge in [0.2, 0.25) is 5.91 Å². The monoisotopic (exact) mass is 430 g/mol. The van der Waals surface area contributed by atoms with E-state index in [0.29, 0.717) is 34.8 Å². The van der Waals surface area contributed by atoms with E-state index in [1.54, 1.807) is 6.07 Å². The van der Waals surface area contributed by atoms with Crippen molar-refractivity contribution >= 4 is 29.3 Å². The molecule has 1 amide bonds. The van der Waals surface area contributed by atoms with Crippen molar-refractivity contribution < 1.29 is 9.53 Å². The quantitative estimate of drug-likeness (QED) is 0.492. The second-order valence-electron chi connectivity index (χ2n) is 6.24. The van der Waals surface area contributed by atoms with Crippen LogP contribution in [0, 0.1) is 0 Å². The largest absolute Gasteiger partial charge is 0.484 e. The molecule has 0 saturated carbocycles. The Morgan fingerprint density at radius 2 is 1.90 bits per heavy atom. The van der Waals surface area contributed by atoms with Gasteiger partial charge in [0.15, 0.2) is 11.0 Å². The van der Waals surface area contributed by atoms with Gasteiger partial charge in [-0.15, -0.1) is 10.2 Å². The van der Waals surface area contributed by atoms with Gasteiger partial charge in [-0.3, -0.25) is 4.79 Å². The number of para-hydroxylation sites is 1. The number of thioether (sulfide) groups is 1. The van der Waals surface area contributed by atoms with Crippen molar-refractivity contribution in [3.63, 3.8) is 0 Å². The lowest BCUT2D eigenvalue weighted by Crippen LogP contribution is -2.27. The summed E-state index contributed by atoms with van der Waals surface area (Å²) in [6.45, 7) is 3.56. The Morgan fingerprint density at radius 1 is 1.14 bits per heavy atom. The normalized spacial score (nSPS) is 10.7. The molecule has 152 valence electrons. The summed E-state index contributed by atoms with van der Waals surface area (Å²) in [4.78, 5) is 12.1. The number of hydrogen-bond donors (Lipinski definition) is 1. The first kappa shape index (κ1) is 21.2. The maximum Gasteiger partial charge on any atom is 0.230 e. The number of benzene rings is 2. The van der Waals surface area contributed by atoms with Crippen molar-refractivity contribution in [2.45, 2.75) is 31.7 Å². The van der Waals surface area contributed by atoms with E-state index in [-0.39, 0.29) is 18.3 Å². The molecule has 6 nitrogen and oxygen atoms in total. The molecule has 0 aliphatic carbocycles. The van der Waals surface area contributed by atoms with Crippen LogP contribution in [0.5, 0.6) is 5.75 Å². The van der Waals surface area contributed by atoms with E-state index in [0.717, 1.165) is 6.42 Å². The number of carbonyl (C=O) groups is 1. The molecule has 0 saturated heterocycles. The van der Waals surface area contributed by atoms with E-state index in [1.807, 2.05) is 47.9 Å². The molecule has 2 aromatic carbocycles. The molecule has 29 heavy (non-hydrogen) atoms. The SMILES string of the molecule is CCn1c(COc2ccccc2Cl)nnc1SCC(=O)NCCc1ccccc1. The fourth-order valence-electron chi connectivity index (χ4n) is 2.73. The number of ether oxygens (including phenoxy) is 1. The van der Waals surface area contributed by atoms with Crippen molar-refractivity contribution in [3.8, 4) is 5.75 Å². The smallest absolute Gasteiger partial charge is 0.230 e. The molecule has 0 bridgehead atoms. The molecular formula is C21H23ClN4O2S. The van der Waals surface area contributed by atoms with Crippen LogP contribution in [0.2, 0.25) is 5.02 Å². The fraction of sp³-hybridized carbons (Fsp3) is 0.286. The highest BCUT2D eigenvalue weighted by Gasteiger charge is 2.14. The van der Waals surface area contributed by atoms with Gasteiger partial charge in [-0.2, -0.15) is 0 Å². The molecule has 0 atom stereocenters. The lowest BCUT2D eigenvalue weighted by atomic mass is 10.1. The minimum Gasteiger partial charge on any atom is -0.484 e. The summed E-state index contributed by atoms with van der Waals surface area (Å²) in [6.07, 6.45) is 0.811. The summed E-state index contributed by atoms with van der Waals surface area (Å²) >= 11 is 7.49. The molecule has 0 fully saturated rings. The van der Waals surface area contributed by atoms with Crippen molar-refractivity contribution in [3.05, 3.63) is 71.0 Å². The zero-order valence-corrected chi connectivity index (χ0v) is 17.7. The van der Waals surface area contributed by atoms with Crippen molar-refractivity contribution in [2.24, 2.45) is 0 Å². The molecule has 3 rings (SSSR count). The zero-order chi connectivity index (χ0) is 20.5. The van der Waals surface area contributed by atoms with Gasteiger partial charge in [-0.25, -0.2) is 0 Å². The Hall–Kier alpha value is -2.51. The molecule has 0 aliphatic rings. The Labute approximate surface area is 179 Å². The lowest BCUT2D eigenvalue weighted by molar-refractivity contribution is -0.118. The van der Waals surface area contributed by atoms with Gasteiger partial charge >= 0.3 is 0 Å². The molecule has 1 heterocycles. The maximum atomic E-state index is 12.1. The molecule has 1 N–H and O–H groups in total. The second-order valence-corrected chi connectivity index (χ2v) is 7.59. The molecule has 8 heteroatoms. The van der Waals surface area contributed by atoms with E-state index in [2.05, 4.69) is 27.6 Å². The van der Waals surface area contributed by atoms with Gasteiger partial charge in [-0.1, -0.05) is 65.8 Å². The standard InChI is InChI=1S/C21H23ClN4O2S/c1-2-26-19(14-28-18-11-7-6-10-17(18)22)24-25-21(26)29-15-20(27)23-13-12-16-8-4-3-5-9-16/h3-11H,2,12-15H2,1H3,(H,23,27). The van der Waals surface area contributed by atoms with E-state index >= 15 is 0 Å². The predicted molar refractivity (Wildman–Crippen MR) is 115 cm³/mol. The highest BCUT2D eigenvalue weighted by Crippen LogP contribution is 2.24. The molecule has 1 aromatic heterocycles. The summed E-state index contributed by atoms with van der Waals surface area (Å²) < 4.78 is 7.70. The van der Waals surface area contributed by atoms with Gasteiger partial charge in [0.1, 0.15) is 12.4 Å². The molecule has 0 radical (unpaired) electrons. The summed E-state index contributed by atoms with van der Waals surface area (Å²) in [5.41, 5.74) is 1.20. The van der Waals surface area contributed by atoms with E-state index in [1.165, 1.54) is 17.3 Å². The summed E-state index contributed by atoms with van der Waals surface area (Å²) in [7, 11) is 0. The van der Waals surface area contributed by atoms with Crippen LogP contribution in [-0.4, -0.2) is 33.0 Å². The van der Waals surface area contributed by atoms with Gasteiger partial charge < -0.3 is 14.6 Å². The number of hydrogen-bond acceptors (Lipinski definition) is 5. The maximum absolute atomic E-state index is 12.1. The van der Waals surface area contributed by atoms with E-state index in [4.69, 9.17) is 16.3 Å². The number of carbonyl (C=O) groups excluding carboxylic acids is 1. The van der Waals surface area contributed by atoms with Gasteiger partial charge in [0, 0.05) is 13.1 Å². The molecule has 0 aliphatic heterocycles. The van der Waals surface area contributed by atoms with Crippen LogP contribution in [0.1, 0.15) is 18.3 Å². The number of halogens is 1. The van der Waals surface area contributed by atoms with Crippen molar-refractivity contribution in [2.75, 3.05) is 12.3 Å². The minimum atomic E-state index is -0.0227. The first-order valence-electron chi connectivity index (χ1n) is 9.40. The molecular weight excluding hydrogens is 408 g/mol. The van der Waals surface area contributed by atoms with Crippen LogP contribution < -0.4 is 10.1 Å². The zero-order valence-electron chi connectivity index (χ0n) is 16.2. The highest BCUT2D eigenvalue weighted by atomic mass is 35.5. The van der Waals surface area contributed by atoms with Gasteiger partial charge in [-0.05, 0) is 31.0 Å². The summed E-state index contributed by atoms with van der Waals surface area (Å²) in [5.74, 6) is 1.56. The third kappa shape index (κ3) is 6.24. The van der Waals surface area contributed by atoms with Crippen LogP contribution in [0.4, 0.5) is 0 Å². The van der Waals surface area contributed by atoms with Crippen molar-refractivity contribution in [1.29, 1.82) is 0 Å². The Balaban J connectivity index is 1.48. The topological polar surface area (TPSA) is 69.0 Å². The van der Waals surface area contributed by atoms with Crippen LogP contribution in [0.25, 0.3) is 0 Å². The number of rotatable bonds is 10. The van der Waals surface area contributed by atoms with Crippen LogP contribution in [-0.2, 0) is 24.4 Å². The minimum absolute atomic E-state index is 0.0227. The average molecular weight is 431 g/mol. The molecule has 0 unspecified atom stereocenters. The predicted octanol–water partition coefficient (Wildman–Crippen LogP) is 3.98. The second kappa shape index (κ2) is 10.9. The number of aromatic nitrogens is 3. The fourth-order valence-corrected chi connectivity index (χ4v) is 3.77. The number of nitrogens with one attached hydrogen (secondary N) is 1. The van der Waals surface area contributed by atoms with E-state index in [9.17, 15) is 4.79 Å². The van der Waals surface area contributed by atoms with Crippen molar-refractivity contribution in [1.82, 2.24) is 20.1 Å². The molecule has 0 spiro atoms. The first-order valence-corrected chi connectivity index (χ1v) is 10.8. The Morgan fingerprint density at radius 3 is 2.66 bits per heavy atom. The average Bonchev–Trinajstić information content (AvgIpc) is 3.14. The van der Waals surface area contributed by atoms with Crippen LogP contribution >= 0.6 is 23.4 Å². The lowest BCUT2D eigenvalue weighted by Gasteiger charge is -2.10.